The zero-order valence-electron chi connectivity index (χ0n) is 15.9. The zero-order chi connectivity index (χ0) is 18.6. The molecular formula is C23H30N2O. The summed E-state index contributed by atoms with van der Waals surface area (Å²) >= 11 is 0. The maximum absolute atomic E-state index is 12.9. The molecule has 2 aromatic rings. The Balaban J connectivity index is 1.66. The van der Waals surface area contributed by atoms with Crippen LogP contribution in [0.1, 0.15) is 45.1 Å². The van der Waals surface area contributed by atoms with E-state index in [9.17, 15) is 4.79 Å². The quantitative estimate of drug-likeness (QED) is 0.817. The van der Waals surface area contributed by atoms with Crippen molar-refractivity contribution in [3.05, 3.63) is 60.2 Å². The van der Waals surface area contributed by atoms with E-state index in [0.29, 0.717) is 12.0 Å². The second-order valence-electron chi connectivity index (χ2n) is 8.00. The Hall–Kier alpha value is -2.13. The van der Waals surface area contributed by atoms with E-state index >= 15 is 0 Å². The molecule has 0 saturated heterocycles. The van der Waals surface area contributed by atoms with Crippen LogP contribution in [-0.4, -0.2) is 18.5 Å². The lowest BCUT2D eigenvalue weighted by atomic mass is 9.82. The highest BCUT2D eigenvalue weighted by Gasteiger charge is 2.33. The molecule has 2 atom stereocenters. The van der Waals surface area contributed by atoms with Gasteiger partial charge in [0.05, 0.1) is 5.41 Å². The van der Waals surface area contributed by atoms with Crippen LogP contribution in [0.15, 0.2) is 54.6 Å². The molecule has 0 bridgehead atoms. The molecule has 1 aliphatic rings. The van der Waals surface area contributed by atoms with Gasteiger partial charge in [0.2, 0.25) is 5.91 Å². The van der Waals surface area contributed by atoms with Gasteiger partial charge in [-0.1, -0.05) is 54.6 Å². The Morgan fingerprint density at radius 2 is 1.69 bits per heavy atom. The maximum Gasteiger partial charge on any atom is 0.230 e. The number of amides is 1. The first-order chi connectivity index (χ1) is 12.5. The van der Waals surface area contributed by atoms with Crippen LogP contribution in [0, 0.1) is 5.92 Å². The maximum atomic E-state index is 12.9. The predicted molar refractivity (Wildman–Crippen MR) is 108 cm³/mol. The summed E-state index contributed by atoms with van der Waals surface area (Å²) in [5.41, 5.74) is 8.54. The summed E-state index contributed by atoms with van der Waals surface area (Å²) < 4.78 is 0. The van der Waals surface area contributed by atoms with Crippen molar-refractivity contribution in [1.29, 1.82) is 0 Å². The van der Waals surface area contributed by atoms with E-state index in [1.807, 2.05) is 32.0 Å². The number of benzene rings is 2. The molecule has 138 valence electrons. The van der Waals surface area contributed by atoms with Gasteiger partial charge >= 0.3 is 0 Å². The number of carbonyl (C=O) groups is 1. The summed E-state index contributed by atoms with van der Waals surface area (Å²) in [7, 11) is 0. The van der Waals surface area contributed by atoms with E-state index in [0.717, 1.165) is 31.4 Å². The largest absolute Gasteiger partial charge is 0.353 e. The standard InChI is InChI=1S/C23H30N2O/c1-23(2,22(26)25-21-13-8-17(16-21)14-15-24)20-11-9-19(10-12-20)18-6-4-3-5-7-18/h3-7,9-12,17,21H,8,13-16,24H2,1-2H3,(H,25,26). The third kappa shape index (κ3) is 4.16. The van der Waals surface area contributed by atoms with Gasteiger partial charge in [-0.3, -0.25) is 4.79 Å². The van der Waals surface area contributed by atoms with Gasteiger partial charge in [0.25, 0.3) is 0 Å². The van der Waals surface area contributed by atoms with Crippen LogP contribution in [0.5, 0.6) is 0 Å². The Labute approximate surface area is 157 Å². The SMILES string of the molecule is CC(C)(C(=O)NC1CCC(CCN)C1)c1ccc(-c2ccccc2)cc1. The highest BCUT2D eigenvalue weighted by Crippen LogP contribution is 2.30. The molecule has 3 nitrogen and oxygen atoms in total. The molecule has 26 heavy (non-hydrogen) atoms. The molecule has 3 rings (SSSR count). The van der Waals surface area contributed by atoms with Crippen molar-refractivity contribution in [3.63, 3.8) is 0 Å². The molecule has 1 amide bonds. The normalized spacial score (nSPS) is 20.1. The summed E-state index contributed by atoms with van der Waals surface area (Å²) in [4.78, 5) is 12.9. The lowest BCUT2D eigenvalue weighted by Gasteiger charge is -2.27. The number of rotatable bonds is 6. The summed E-state index contributed by atoms with van der Waals surface area (Å²) in [6.45, 7) is 4.75. The van der Waals surface area contributed by atoms with E-state index < -0.39 is 5.41 Å². The first kappa shape index (κ1) is 18.7. The number of hydrogen-bond donors (Lipinski definition) is 2. The van der Waals surface area contributed by atoms with Gasteiger partial charge in [0, 0.05) is 6.04 Å². The zero-order valence-corrected chi connectivity index (χ0v) is 15.9. The first-order valence-corrected chi connectivity index (χ1v) is 9.67. The van der Waals surface area contributed by atoms with Gasteiger partial charge in [-0.15, -0.1) is 0 Å². The molecule has 3 heteroatoms. The minimum absolute atomic E-state index is 0.114. The average molecular weight is 351 g/mol. The monoisotopic (exact) mass is 350 g/mol. The number of nitrogens with one attached hydrogen (secondary N) is 1. The molecule has 2 unspecified atom stereocenters. The van der Waals surface area contributed by atoms with Crippen molar-refractivity contribution in [2.24, 2.45) is 11.7 Å². The Bertz CT molecular complexity index is 722. The van der Waals surface area contributed by atoms with Crippen molar-refractivity contribution in [2.45, 2.75) is 51.0 Å². The minimum Gasteiger partial charge on any atom is -0.353 e. The molecule has 0 radical (unpaired) electrons. The van der Waals surface area contributed by atoms with Crippen LogP contribution in [0.2, 0.25) is 0 Å². The molecule has 0 heterocycles. The van der Waals surface area contributed by atoms with Crippen LogP contribution in [0.25, 0.3) is 11.1 Å². The second kappa shape index (κ2) is 8.05. The van der Waals surface area contributed by atoms with Crippen LogP contribution < -0.4 is 11.1 Å². The molecule has 3 N–H and O–H groups in total. The van der Waals surface area contributed by atoms with Gasteiger partial charge in [0.1, 0.15) is 0 Å². The van der Waals surface area contributed by atoms with E-state index in [4.69, 9.17) is 5.73 Å². The van der Waals surface area contributed by atoms with E-state index in [2.05, 4.69) is 41.7 Å². The smallest absolute Gasteiger partial charge is 0.230 e. The van der Waals surface area contributed by atoms with E-state index in [1.165, 1.54) is 17.5 Å². The van der Waals surface area contributed by atoms with E-state index in [1.54, 1.807) is 0 Å². The molecule has 1 aliphatic carbocycles. The van der Waals surface area contributed by atoms with Crippen LogP contribution in [0.3, 0.4) is 0 Å². The summed E-state index contributed by atoms with van der Waals surface area (Å²) in [6.07, 6.45) is 4.37. The molecule has 0 aliphatic heterocycles. The lowest BCUT2D eigenvalue weighted by Crippen LogP contribution is -2.44. The van der Waals surface area contributed by atoms with Crippen molar-refractivity contribution in [3.8, 4) is 11.1 Å². The fraction of sp³-hybridized carbons (Fsp3) is 0.435. The highest BCUT2D eigenvalue weighted by molar-refractivity contribution is 5.87. The van der Waals surface area contributed by atoms with Gasteiger partial charge in [0.15, 0.2) is 0 Å². The Morgan fingerprint density at radius 1 is 1.04 bits per heavy atom. The third-order valence-corrected chi connectivity index (χ3v) is 5.73. The summed E-state index contributed by atoms with van der Waals surface area (Å²) in [5, 5.41) is 3.27. The van der Waals surface area contributed by atoms with Crippen molar-refractivity contribution in [1.82, 2.24) is 5.32 Å². The van der Waals surface area contributed by atoms with Crippen molar-refractivity contribution in [2.75, 3.05) is 6.54 Å². The highest BCUT2D eigenvalue weighted by atomic mass is 16.2. The number of hydrogen-bond acceptors (Lipinski definition) is 2. The minimum atomic E-state index is -0.541. The van der Waals surface area contributed by atoms with Crippen LogP contribution in [0.4, 0.5) is 0 Å². The topological polar surface area (TPSA) is 55.1 Å². The third-order valence-electron chi connectivity index (χ3n) is 5.73. The van der Waals surface area contributed by atoms with Gasteiger partial charge < -0.3 is 11.1 Å². The summed E-state index contributed by atoms with van der Waals surface area (Å²) in [6, 6.07) is 19.0. The van der Waals surface area contributed by atoms with Crippen LogP contribution in [-0.2, 0) is 10.2 Å². The average Bonchev–Trinajstić information content (AvgIpc) is 3.10. The number of nitrogens with two attached hydrogens (primary N) is 1. The Kier molecular flexibility index (Phi) is 5.77. The fourth-order valence-electron chi connectivity index (χ4n) is 3.91. The molecule has 1 saturated carbocycles. The molecular weight excluding hydrogens is 320 g/mol. The second-order valence-corrected chi connectivity index (χ2v) is 8.00. The van der Waals surface area contributed by atoms with Crippen molar-refractivity contribution >= 4 is 5.91 Å². The molecule has 0 spiro atoms. The van der Waals surface area contributed by atoms with Gasteiger partial charge in [-0.2, -0.15) is 0 Å². The predicted octanol–water partition coefficient (Wildman–Crippen LogP) is 4.26. The first-order valence-electron chi connectivity index (χ1n) is 9.67. The van der Waals surface area contributed by atoms with Crippen molar-refractivity contribution < 1.29 is 4.79 Å². The van der Waals surface area contributed by atoms with Gasteiger partial charge in [-0.05, 0) is 68.7 Å². The summed E-state index contributed by atoms with van der Waals surface area (Å²) in [5.74, 6) is 0.780. The molecule has 0 aromatic heterocycles. The molecule has 1 fully saturated rings. The number of carbonyl (C=O) groups excluding carboxylic acids is 1. The lowest BCUT2D eigenvalue weighted by molar-refractivity contribution is -0.126. The molecule has 2 aromatic carbocycles. The van der Waals surface area contributed by atoms with E-state index in [-0.39, 0.29) is 5.91 Å². The van der Waals surface area contributed by atoms with Gasteiger partial charge in [-0.25, -0.2) is 0 Å². The Morgan fingerprint density at radius 3 is 2.35 bits per heavy atom. The van der Waals surface area contributed by atoms with Crippen LogP contribution >= 0.6 is 0 Å². The fourth-order valence-corrected chi connectivity index (χ4v) is 3.91.